The van der Waals surface area contributed by atoms with E-state index < -0.39 is 0 Å². The van der Waals surface area contributed by atoms with Crippen LogP contribution in [0.3, 0.4) is 0 Å². The Bertz CT molecular complexity index is 687. The number of aromatic nitrogens is 1. The first-order valence-corrected chi connectivity index (χ1v) is 6.95. The molecule has 1 aliphatic rings. The van der Waals surface area contributed by atoms with Crippen LogP contribution in [-0.4, -0.2) is 10.4 Å². The number of fused-ring (bicyclic) bond motifs is 1. The van der Waals surface area contributed by atoms with Gasteiger partial charge in [-0.05, 0) is 25.0 Å². The van der Waals surface area contributed by atoms with Crippen LogP contribution in [-0.2, 0) is 6.42 Å². The molecule has 0 atom stereocenters. The Morgan fingerprint density at radius 1 is 1.28 bits per heavy atom. The van der Waals surface area contributed by atoms with E-state index in [0.29, 0.717) is 16.2 Å². The molecule has 0 amide bonds. The summed E-state index contributed by atoms with van der Waals surface area (Å²) in [5, 5.41) is 8.67. The minimum atomic E-state index is 0.153. The monoisotopic (exact) mass is 278 g/mol. The van der Waals surface area contributed by atoms with Gasteiger partial charge in [-0.25, -0.2) is 0 Å². The van der Waals surface area contributed by atoms with E-state index in [2.05, 4.69) is 0 Å². The Labute approximate surface area is 113 Å². The van der Waals surface area contributed by atoms with Gasteiger partial charge >= 0.3 is 0 Å². The van der Waals surface area contributed by atoms with E-state index >= 15 is 0 Å². The van der Waals surface area contributed by atoms with Gasteiger partial charge in [-0.3, -0.25) is 14.8 Å². The van der Waals surface area contributed by atoms with Crippen molar-refractivity contribution in [3.63, 3.8) is 0 Å². The van der Waals surface area contributed by atoms with Crippen molar-refractivity contribution in [2.75, 3.05) is 0 Å². The number of halogens is 1. The summed E-state index contributed by atoms with van der Waals surface area (Å²) >= 11 is 7.43. The standard InChI is InChI=1S/C13H11ClN2OS/c14-8-4-1-2-5-9(8)16-10-6-3-7-11(17)12(10)18-13(16)15/h1-2,4-5,15H,3,6-7H2. The minimum Gasteiger partial charge on any atom is -0.293 e. The van der Waals surface area contributed by atoms with Crippen LogP contribution in [0.1, 0.15) is 28.2 Å². The van der Waals surface area contributed by atoms with Gasteiger partial charge in [0.15, 0.2) is 10.6 Å². The van der Waals surface area contributed by atoms with Crippen LogP contribution in [0.25, 0.3) is 5.69 Å². The van der Waals surface area contributed by atoms with E-state index in [1.54, 1.807) is 10.6 Å². The van der Waals surface area contributed by atoms with E-state index in [9.17, 15) is 4.79 Å². The normalized spacial score (nSPS) is 14.6. The SMILES string of the molecule is N=c1sc2c(n1-c1ccccc1Cl)CCCC2=O. The second-order valence-corrected chi connectivity index (χ2v) is 5.65. The number of hydrogen-bond donors (Lipinski definition) is 1. The number of hydrogen-bond acceptors (Lipinski definition) is 3. The maximum absolute atomic E-state index is 11.8. The molecule has 2 aromatic rings. The molecule has 0 unspecified atom stereocenters. The highest BCUT2D eigenvalue weighted by Gasteiger charge is 2.24. The molecule has 18 heavy (non-hydrogen) atoms. The molecular formula is C13H11ClN2OS. The first-order chi connectivity index (χ1) is 8.68. The van der Waals surface area contributed by atoms with Crippen molar-refractivity contribution in [3.8, 4) is 5.69 Å². The predicted octanol–water partition coefficient (Wildman–Crippen LogP) is 3.19. The van der Waals surface area contributed by atoms with Gasteiger partial charge in [0, 0.05) is 12.1 Å². The molecule has 0 spiro atoms. The fourth-order valence-corrected chi connectivity index (χ4v) is 3.53. The van der Waals surface area contributed by atoms with Crippen LogP contribution in [0.5, 0.6) is 0 Å². The second-order valence-electron chi connectivity index (χ2n) is 4.25. The van der Waals surface area contributed by atoms with Gasteiger partial charge in [0.2, 0.25) is 0 Å². The lowest BCUT2D eigenvalue weighted by atomic mass is 10.0. The molecule has 3 rings (SSSR count). The summed E-state index contributed by atoms with van der Waals surface area (Å²) in [6.07, 6.45) is 2.28. The van der Waals surface area contributed by atoms with Crippen LogP contribution in [0.15, 0.2) is 24.3 Å². The number of thiazole rings is 1. The molecule has 1 aromatic carbocycles. The van der Waals surface area contributed by atoms with E-state index in [1.807, 2.05) is 18.2 Å². The van der Waals surface area contributed by atoms with Crippen molar-refractivity contribution in [1.82, 2.24) is 4.57 Å². The molecule has 0 fully saturated rings. The van der Waals surface area contributed by atoms with Gasteiger partial charge in [0.05, 0.1) is 15.6 Å². The Balaban J connectivity index is 2.28. The van der Waals surface area contributed by atoms with Gasteiger partial charge < -0.3 is 0 Å². The van der Waals surface area contributed by atoms with Crippen LogP contribution in [0.4, 0.5) is 0 Å². The molecule has 0 saturated carbocycles. The first kappa shape index (κ1) is 11.7. The van der Waals surface area contributed by atoms with Crippen LogP contribution in [0.2, 0.25) is 5.02 Å². The zero-order valence-corrected chi connectivity index (χ0v) is 11.1. The number of nitrogens with zero attached hydrogens (tertiary/aromatic N) is 1. The second kappa shape index (κ2) is 4.37. The molecule has 1 aromatic heterocycles. The molecule has 1 N–H and O–H groups in total. The fourth-order valence-electron chi connectivity index (χ4n) is 2.29. The van der Waals surface area contributed by atoms with Crippen LogP contribution < -0.4 is 4.80 Å². The lowest BCUT2D eigenvalue weighted by Gasteiger charge is -2.14. The Morgan fingerprint density at radius 3 is 2.83 bits per heavy atom. The number of carbonyl (C=O) groups is 1. The van der Waals surface area contributed by atoms with Crippen molar-refractivity contribution in [1.29, 1.82) is 5.41 Å². The molecule has 0 bridgehead atoms. The predicted molar refractivity (Wildman–Crippen MR) is 71.8 cm³/mol. The first-order valence-electron chi connectivity index (χ1n) is 5.76. The molecule has 1 heterocycles. The minimum absolute atomic E-state index is 0.153. The number of para-hydroxylation sites is 1. The largest absolute Gasteiger partial charge is 0.293 e. The zero-order chi connectivity index (χ0) is 12.7. The van der Waals surface area contributed by atoms with Crippen LogP contribution in [0, 0.1) is 5.41 Å². The number of benzene rings is 1. The van der Waals surface area contributed by atoms with Gasteiger partial charge in [0.1, 0.15) is 0 Å². The summed E-state index contributed by atoms with van der Waals surface area (Å²) in [4.78, 5) is 12.9. The van der Waals surface area contributed by atoms with E-state index in [0.717, 1.165) is 29.1 Å². The molecule has 0 saturated heterocycles. The highest BCUT2D eigenvalue weighted by atomic mass is 35.5. The average molecular weight is 279 g/mol. The summed E-state index contributed by atoms with van der Waals surface area (Å²) in [6, 6.07) is 7.44. The van der Waals surface area contributed by atoms with Gasteiger partial charge in [-0.1, -0.05) is 35.1 Å². The number of ketones is 1. The molecule has 0 radical (unpaired) electrons. The number of carbonyl (C=O) groups excluding carboxylic acids is 1. The van der Waals surface area contributed by atoms with E-state index in [-0.39, 0.29) is 5.78 Å². The number of Topliss-reactive ketones (excluding diaryl/α,β-unsaturated/α-hetero) is 1. The Hall–Kier alpha value is -1.39. The summed E-state index contributed by atoms with van der Waals surface area (Å²) in [5.41, 5.74) is 1.73. The van der Waals surface area contributed by atoms with Crippen molar-refractivity contribution in [2.45, 2.75) is 19.3 Å². The third-order valence-electron chi connectivity index (χ3n) is 3.10. The average Bonchev–Trinajstić information content (AvgIpc) is 2.68. The van der Waals surface area contributed by atoms with Gasteiger partial charge in [-0.2, -0.15) is 0 Å². The number of nitrogens with one attached hydrogen (secondary N) is 1. The maximum atomic E-state index is 11.8. The molecular weight excluding hydrogens is 268 g/mol. The zero-order valence-electron chi connectivity index (χ0n) is 9.57. The quantitative estimate of drug-likeness (QED) is 0.855. The van der Waals surface area contributed by atoms with Gasteiger partial charge in [0.25, 0.3) is 0 Å². The van der Waals surface area contributed by atoms with Crippen molar-refractivity contribution in [2.24, 2.45) is 0 Å². The molecule has 92 valence electrons. The summed E-state index contributed by atoms with van der Waals surface area (Å²) < 4.78 is 1.80. The van der Waals surface area contributed by atoms with Crippen molar-refractivity contribution in [3.05, 3.63) is 44.7 Å². The maximum Gasteiger partial charge on any atom is 0.187 e. The Kier molecular flexibility index (Phi) is 2.84. The Morgan fingerprint density at radius 2 is 2.06 bits per heavy atom. The summed E-state index contributed by atoms with van der Waals surface area (Å²) in [5.74, 6) is 0.153. The van der Waals surface area contributed by atoms with Gasteiger partial charge in [-0.15, -0.1) is 0 Å². The van der Waals surface area contributed by atoms with Crippen molar-refractivity contribution < 1.29 is 4.79 Å². The van der Waals surface area contributed by atoms with E-state index in [4.69, 9.17) is 17.0 Å². The highest BCUT2D eigenvalue weighted by Crippen LogP contribution is 2.28. The van der Waals surface area contributed by atoms with Crippen LogP contribution >= 0.6 is 22.9 Å². The number of rotatable bonds is 1. The fraction of sp³-hybridized carbons (Fsp3) is 0.231. The third kappa shape index (κ3) is 1.72. The molecule has 1 aliphatic carbocycles. The smallest absolute Gasteiger partial charge is 0.187 e. The molecule has 3 nitrogen and oxygen atoms in total. The third-order valence-corrected chi connectivity index (χ3v) is 4.46. The molecule has 0 aliphatic heterocycles. The lowest BCUT2D eigenvalue weighted by molar-refractivity contribution is 0.0976. The van der Waals surface area contributed by atoms with Crippen molar-refractivity contribution >= 4 is 28.7 Å². The summed E-state index contributed by atoms with van der Waals surface area (Å²) in [7, 11) is 0. The lowest BCUT2D eigenvalue weighted by Crippen LogP contribution is -2.17. The highest BCUT2D eigenvalue weighted by molar-refractivity contribution is 7.11. The summed E-state index contributed by atoms with van der Waals surface area (Å²) in [6.45, 7) is 0. The van der Waals surface area contributed by atoms with E-state index in [1.165, 1.54) is 11.3 Å². The molecule has 5 heteroatoms. The topological polar surface area (TPSA) is 45.9 Å².